The first-order valence-corrected chi connectivity index (χ1v) is 11.8. The molecule has 2 aromatic rings. The van der Waals surface area contributed by atoms with Crippen molar-refractivity contribution in [1.29, 1.82) is 5.26 Å². The van der Waals surface area contributed by atoms with Crippen LogP contribution in [0.1, 0.15) is 38.3 Å². The molecule has 2 atom stereocenters. The topological polar surface area (TPSA) is 73.5 Å². The second-order valence-corrected chi connectivity index (χ2v) is 8.39. The van der Waals surface area contributed by atoms with Gasteiger partial charge in [0.1, 0.15) is 35.3 Å². The number of benzene rings is 1. The molecule has 34 heavy (non-hydrogen) atoms. The predicted molar refractivity (Wildman–Crippen MR) is 133 cm³/mol. The van der Waals surface area contributed by atoms with Gasteiger partial charge in [0.05, 0.1) is 5.57 Å². The zero-order chi connectivity index (χ0) is 23.9. The molecule has 2 aliphatic rings. The third kappa shape index (κ3) is 5.18. The number of ether oxygens (including phenoxy) is 1. The number of unbranched alkanes of at least 4 members (excludes halogenated alkanes) is 1. The Bertz CT molecular complexity index is 1190. The molecule has 0 saturated carbocycles. The normalized spacial score (nSPS) is 22.4. The molecule has 0 bridgehead atoms. The molecule has 7 heteroatoms. The number of nitriles is 1. The van der Waals surface area contributed by atoms with Crippen LogP contribution in [-0.4, -0.2) is 48.1 Å². The Morgan fingerprint density at radius 1 is 1.29 bits per heavy atom. The van der Waals surface area contributed by atoms with Crippen LogP contribution >= 0.6 is 0 Å². The number of rotatable bonds is 5. The van der Waals surface area contributed by atoms with Crippen molar-refractivity contribution in [2.45, 2.75) is 44.9 Å². The Labute approximate surface area is 200 Å². The number of amidine groups is 1. The summed E-state index contributed by atoms with van der Waals surface area (Å²) in [5, 5.41) is 13.6. The summed E-state index contributed by atoms with van der Waals surface area (Å²) in [6.07, 6.45) is 9.07. The summed E-state index contributed by atoms with van der Waals surface area (Å²) in [6.45, 7) is 3.51. The molecule has 6 nitrogen and oxygen atoms in total. The van der Waals surface area contributed by atoms with Gasteiger partial charge in [-0.05, 0) is 56.6 Å². The van der Waals surface area contributed by atoms with Gasteiger partial charge in [-0.3, -0.25) is 9.89 Å². The van der Waals surface area contributed by atoms with Crippen LogP contribution in [0.4, 0.5) is 4.39 Å². The van der Waals surface area contributed by atoms with E-state index in [2.05, 4.69) is 29.4 Å². The first kappa shape index (κ1) is 23.7. The maximum Gasteiger partial charge on any atom is 0.158 e. The van der Waals surface area contributed by atoms with E-state index >= 15 is 0 Å². The number of halogens is 1. The van der Waals surface area contributed by atoms with Crippen molar-refractivity contribution in [3.05, 3.63) is 71.7 Å². The maximum absolute atomic E-state index is 14.7. The summed E-state index contributed by atoms with van der Waals surface area (Å²) in [4.78, 5) is 11.3. The van der Waals surface area contributed by atoms with E-state index in [1.807, 2.05) is 41.3 Å². The highest BCUT2D eigenvalue weighted by Gasteiger charge is 2.26. The number of pyridine rings is 1. The van der Waals surface area contributed by atoms with E-state index in [0.29, 0.717) is 47.8 Å². The maximum atomic E-state index is 14.7. The molecule has 2 unspecified atom stereocenters. The fourth-order valence-corrected chi connectivity index (χ4v) is 4.18. The summed E-state index contributed by atoms with van der Waals surface area (Å²) in [5.41, 5.74) is 2.80. The van der Waals surface area contributed by atoms with Gasteiger partial charge in [-0.2, -0.15) is 5.26 Å². The number of aromatic nitrogens is 1. The van der Waals surface area contributed by atoms with E-state index < -0.39 is 12.3 Å². The van der Waals surface area contributed by atoms with E-state index in [4.69, 9.17) is 9.72 Å². The van der Waals surface area contributed by atoms with Crippen molar-refractivity contribution < 1.29 is 9.13 Å². The van der Waals surface area contributed by atoms with Crippen molar-refractivity contribution in [1.82, 2.24) is 15.2 Å². The average molecular weight is 460 g/mol. The third-order valence-corrected chi connectivity index (χ3v) is 5.99. The molecular weight excluding hydrogens is 429 g/mol. The lowest BCUT2D eigenvalue weighted by molar-refractivity contribution is 0.0983. The van der Waals surface area contributed by atoms with Gasteiger partial charge in [0, 0.05) is 24.3 Å². The molecule has 0 spiro atoms. The second kappa shape index (κ2) is 11.1. The number of hydrogen-bond donors (Lipinski definition) is 1. The quantitative estimate of drug-likeness (QED) is 0.501. The first-order valence-electron chi connectivity index (χ1n) is 11.8. The third-order valence-electron chi connectivity index (χ3n) is 5.99. The monoisotopic (exact) mass is 459 g/mol. The van der Waals surface area contributed by atoms with Crippen molar-refractivity contribution in [3.63, 3.8) is 0 Å². The zero-order valence-electron chi connectivity index (χ0n) is 19.7. The van der Waals surface area contributed by atoms with E-state index in [9.17, 15) is 9.65 Å². The highest BCUT2D eigenvalue weighted by Crippen LogP contribution is 2.29. The van der Waals surface area contributed by atoms with Crippen molar-refractivity contribution in [2.75, 3.05) is 20.1 Å². The molecule has 3 heterocycles. The Morgan fingerprint density at radius 3 is 2.94 bits per heavy atom. The number of hydrogen-bond acceptors (Lipinski definition) is 5. The van der Waals surface area contributed by atoms with Crippen LogP contribution in [0.15, 0.2) is 71.0 Å². The standard InChI is InChI=1S/C27H30FN5O/c1-3-4-7-21-11-9-19(17-29)18-33(21)27(30-2)23-12-10-20-6-5-8-25(26(20)32-23)34-24-14-16-31-15-13-22(24)28/h5-12,18,22,24,31H,3-4,13-16H2,1-2H3/b21-7+,30-27?. The van der Waals surface area contributed by atoms with Crippen molar-refractivity contribution in [3.8, 4) is 11.8 Å². The number of nitrogens with one attached hydrogen (secondary N) is 1. The number of allylic oxidation sites excluding steroid dienone is 4. The molecule has 0 amide bonds. The fraction of sp³-hybridized carbons (Fsp3) is 0.370. The summed E-state index contributed by atoms with van der Waals surface area (Å²) in [5.74, 6) is 1.19. The zero-order valence-corrected chi connectivity index (χ0v) is 19.7. The van der Waals surface area contributed by atoms with Crippen molar-refractivity contribution >= 4 is 16.7 Å². The van der Waals surface area contributed by atoms with E-state index in [-0.39, 0.29) is 0 Å². The van der Waals surface area contributed by atoms with Gasteiger partial charge in [-0.1, -0.05) is 37.6 Å². The van der Waals surface area contributed by atoms with Crippen LogP contribution < -0.4 is 10.1 Å². The van der Waals surface area contributed by atoms with Crippen LogP contribution in [0.2, 0.25) is 0 Å². The highest BCUT2D eigenvalue weighted by molar-refractivity contribution is 6.01. The number of fused-ring (bicyclic) bond motifs is 1. The Morgan fingerprint density at radius 2 is 2.15 bits per heavy atom. The molecule has 2 aliphatic heterocycles. The van der Waals surface area contributed by atoms with Gasteiger partial charge >= 0.3 is 0 Å². The second-order valence-electron chi connectivity index (χ2n) is 8.39. The van der Waals surface area contributed by atoms with Crippen LogP contribution in [0.25, 0.3) is 10.9 Å². The number of aliphatic imine (C=N–C) groups is 1. The number of nitrogens with zero attached hydrogens (tertiary/aromatic N) is 4. The number of para-hydroxylation sites is 1. The van der Waals surface area contributed by atoms with Crippen LogP contribution in [0.3, 0.4) is 0 Å². The minimum absolute atomic E-state index is 0.434. The summed E-state index contributed by atoms with van der Waals surface area (Å²) in [7, 11) is 1.71. The van der Waals surface area contributed by atoms with E-state index in [0.717, 1.165) is 30.5 Å². The van der Waals surface area contributed by atoms with Gasteiger partial charge in [-0.15, -0.1) is 0 Å². The summed E-state index contributed by atoms with van der Waals surface area (Å²) >= 11 is 0. The smallest absolute Gasteiger partial charge is 0.158 e. The molecule has 1 aromatic carbocycles. The molecule has 0 radical (unpaired) electrons. The molecule has 1 N–H and O–H groups in total. The molecule has 1 saturated heterocycles. The first-order chi connectivity index (χ1) is 16.6. The number of alkyl halides is 1. The molecule has 1 fully saturated rings. The van der Waals surface area contributed by atoms with Crippen LogP contribution in [-0.2, 0) is 0 Å². The van der Waals surface area contributed by atoms with Gasteiger partial charge < -0.3 is 10.1 Å². The lowest BCUT2D eigenvalue weighted by Crippen LogP contribution is -2.29. The van der Waals surface area contributed by atoms with E-state index in [1.54, 1.807) is 19.3 Å². The predicted octanol–water partition coefficient (Wildman–Crippen LogP) is 5.04. The van der Waals surface area contributed by atoms with Gasteiger partial charge in [0.2, 0.25) is 0 Å². The highest BCUT2D eigenvalue weighted by atomic mass is 19.1. The van der Waals surface area contributed by atoms with Gasteiger partial charge in [0.15, 0.2) is 5.84 Å². The Hall–Kier alpha value is -3.50. The Kier molecular flexibility index (Phi) is 7.71. The molecule has 1 aromatic heterocycles. The van der Waals surface area contributed by atoms with Crippen molar-refractivity contribution in [2.24, 2.45) is 4.99 Å². The van der Waals surface area contributed by atoms with Crippen LogP contribution in [0, 0.1) is 11.3 Å². The largest absolute Gasteiger partial charge is 0.485 e. The SMILES string of the molecule is CCC/C=C1\C=CC(C#N)=CN1C(=NC)c1ccc2cccc(OC3CCNCCC3F)c2n1. The van der Waals surface area contributed by atoms with Gasteiger partial charge in [0.25, 0.3) is 0 Å². The average Bonchev–Trinajstić information content (AvgIpc) is 3.07. The molecule has 4 rings (SSSR count). The minimum atomic E-state index is -1.03. The van der Waals surface area contributed by atoms with Gasteiger partial charge in [-0.25, -0.2) is 9.37 Å². The fourth-order valence-electron chi connectivity index (χ4n) is 4.18. The Balaban J connectivity index is 1.72. The molecular formula is C27H30FN5O. The lowest BCUT2D eigenvalue weighted by Gasteiger charge is -2.26. The van der Waals surface area contributed by atoms with Crippen LogP contribution in [0.5, 0.6) is 5.75 Å². The molecule has 0 aliphatic carbocycles. The van der Waals surface area contributed by atoms with E-state index in [1.165, 1.54) is 0 Å². The lowest BCUT2D eigenvalue weighted by atomic mass is 10.1. The molecule has 176 valence electrons. The minimum Gasteiger partial charge on any atom is -0.485 e. The summed E-state index contributed by atoms with van der Waals surface area (Å²) < 4.78 is 20.8. The summed E-state index contributed by atoms with van der Waals surface area (Å²) in [6, 6.07) is 11.8.